The van der Waals surface area contributed by atoms with Crippen molar-refractivity contribution in [1.82, 2.24) is 0 Å². The third-order valence-corrected chi connectivity index (χ3v) is 8.91. The number of rotatable bonds is 11. The van der Waals surface area contributed by atoms with Crippen molar-refractivity contribution >= 4 is 5.97 Å². The second-order valence-corrected chi connectivity index (χ2v) is 12.5. The molecule has 40 heavy (non-hydrogen) atoms. The van der Waals surface area contributed by atoms with Crippen LogP contribution in [0.1, 0.15) is 73.7 Å². The first-order chi connectivity index (χ1) is 18.7. The molecule has 0 unspecified atom stereocenters. The van der Waals surface area contributed by atoms with Crippen molar-refractivity contribution in [3.8, 4) is 5.75 Å². The summed E-state index contributed by atoms with van der Waals surface area (Å²) in [5.74, 6) is -1.68. The van der Waals surface area contributed by atoms with E-state index in [0.717, 1.165) is 17.7 Å². The fraction of sp³-hybridized carbons (Fsp3) is 0.719. The van der Waals surface area contributed by atoms with Gasteiger partial charge in [-0.15, -0.1) is 6.58 Å². The molecule has 2 N–H and O–H groups in total. The number of aliphatic carboxylic acids is 1. The average molecular weight is 563 g/mol. The largest absolute Gasteiger partial charge is 0.497 e. The van der Waals surface area contributed by atoms with Gasteiger partial charge in [-0.2, -0.15) is 0 Å². The highest BCUT2D eigenvalue weighted by Gasteiger charge is 2.48. The topological polar surface area (TPSA) is 104 Å². The number of carboxylic acids is 1. The molecule has 3 rings (SSSR count). The molecule has 226 valence electrons. The van der Waals surface area contributed by atoms with E-state index in [2.05, 4.69) is 27.4 Å². The van der Waals surface area contributed by atoms with E-state index in [0.29, 0.717) is 0 Å². The maximum absolute atomic E-state index is 11.8. The molecule has 0 aliphatic carbocycles. The maximum Gasteiger partial charge on any atom is 0.308 e. The summed E-state index contributed by atoms with van der Waals surface area (Å²) in [5.41, 5.74) is 0.886. The normalized spacial score (nSPS) is 34.2. The van der Waals surface area contributed by atoms with Crippen molar-refractivity contribution in [2.24, 2.45) is 35.5 Å². The van der Waals surface area contributed by atoms with E-state index in [1.165, 1.54) is 0 Å². The van der Waals surface area contributed by atoms with Gasteiger partial charge in [0, 0.05) is 23.3 Å². The van der Waals surface area contributed by atoms with Crippen molar-refractivity contribution in [2.45, 2.75) is 104 Å². The van der Waals surface area contributed by atoms with Crippen LogP contribution in [0.25, 0.3) is 0 Å². The van der Waals surface area contributed by atoms with Crippen molar-refractivity contribution < 1.29 is 38.7 Å². The number of carbonyl (C=O) groups is 1. The molecule has 0 spiro atoms. The van der Waals surface area contributed by atoms with E-state index in [9.17, 15) is 15.0 Å². The number of ether oxygens (including phenoxy) is 5. The summed E-state index contributed by atoms with van der Waals surface area (Å²) in [4.78, 5) is 11.8. The standard InChI is InChI=1S/C32H50O8/c1-11-25(33)19(4)28-20(5)26(37-31(38-28)23-12-14-24(36-10)15-13-23)17(2)16-18(3)27-21(6)29(22(7)30(34)35)40-32(8,9)39-27/h11-15,17-22,25-29,31,33H,1,16H2,2-10H3,(H,34,35)/t17-,18+,19+,20+,21-,22-,25+,26+,27+,28+,29+,31-/m1/s1. The zero-order valence-electron chi connectivity index (χ0n) is 25.6. The molecule has 2 aliphatic heterocycles. The minimum Gasteiger partial charge on any atom is -0.497 e. The van der Waals surface area contributed by atoms with Gasteiger partial charge in [0.1, 0.15) is 5.75 Å². The fourth-order valence-electron chi connectivity index (χ4n) is 6.61. The summed E-state index contributed by atoms with van der Waals surface area (Å²) in [6.07, 6.45) is 0.0270. The Labute approximate surface area is 240 Å². The van der Waals surface area contributed by atoms with Gasteiger partial charge in [-0.05, 0) is 51.2 Å². The van der Waals surface area contributed by atoms with Crippen molar-refractivity contribution in [3.05, 3.63) is 42.5 Å². The number of benzene rings is 1. The average Bonchev–Trinajstić information content (AvgIpc) is 2.92. The van der Waals surface area contributed by atoms with Gasteiger partial charge in [-0.1, -0.05) is 52.8 Å². The van der Waals surface area contributed by atoms with Crippen molar-refractivity contribution in [3.63, 3.8) is 0 Å². The molecule has 0 bridgehead atoms. The number of hydrogen-bond donors (Lipinski definition) is 2. The molecule has 0 aromatic heterocycles. The van der Waals surface area contributed by atoms with E-state index < -0.39 is 36.2 Å². The lowest BCUT2D eigenvalue weighted by molar-refractivity contribution is -0.334. The lowest BCUT2D eigenvalue weighted by Gasteiger charge is -2.49. The molecule has 2 aliphatic rings. The Balaban J connectivity index is 1.84. The third-order valence-electron chi connectivity index (χ3n) is 8.91. The Kier molecular flexibility index (Phi) is 10.9. The summed E-state index contributed by atoms with van der Waals surface area (Å²) in [7, 11) is 1.63. The maximum atomic E-state index is 11.8. The van der Waals surface area contributed by atoms with Gasteiger partial charge in [0.25, 0.3) is 0 Å². The van der Waals surface area contributed by atoms with Crippen LogP contribution in [-0.4, -0.2) is 59.6 Å². The summed E-state index contributed by atoms with van der Waals surface area (Å²) >= 11 is 0. The van der Waals surface area contributed by atoms with Crippen molar-refractivity contribution in [1.29, 1.82) is 0 Å². The third kappa shape index (κ3) is 7.26. The predicted molar refractivity (Wildman–Crippen MR) is 153 cm³/mol. The molecule has 2 saturated heterocycles. The second kappa shape index (κ2) is 13.3. The molecule has 2 heterocycles. The Bertz CT molecular complexity index is 978. The van der Waals surface area contributed by atoms with Gasteiger partial charge in [0.2, 0.25) is 0 Å². The summed E-state index contributed by atoms with van der Waals surface area (Å²) < 4.78 is 31.0. The van der Waals surface area contributed by atoms with Gasteiger partial charge in [0.05, 0.1) is 43.5 Å². The highest BCUT2D eigenvalue weighted by Crippen LogP contribution is 2.43. The fourth-order valence-corrected chi connectivity index (χ4v) is 6.61. The molecular formula is C32H50O8. The molecule has 0 radical (unpaired) electrons. The van der Waals surface area contributed by atoms with Gasteiger partial charge < -0.3 is 33.9 Å². The Morgan fingerprint density at radius 3 is 2.05 bits per heavy atom. The lowest BCUT2D eigenvalue weighted by atomic mass is 9.75. The lowest BCUT2D eigenvalue weighted by Crippen LogP contribution is -2.55. The van der Waals surface area contributed by atoms with E-state index in [1.54, 1.807) is 20.1 Å². The first-order valence-electron chi connectivity index (χ1n) is 14.5. The minimum absolute atomic E-state index is 0.00514. The second-order valence-electron chi connectivity index (χ2n) is 12.5. The van der Waals surface area contributed by atoms with Crippen LogP contribution in [-0.2, 0) is 23.7 Å². The van der Waals surface area contributed by atoms with Gasteiger partial charge in [0.15, 0.2) is 12.1 Å². The zero-order valence-corrected chi connectivity index (χ0v) is 25.6. The van der Waals surface area contributed by atoms with E-state index in [4.69, 9.17) is 23.7 Å². The Morgan fingerprint density at radius 1 is 0.975 bits per heavy atom. The van der Waals surface area contributed by atoms with Crippen LogP contribution in [0.4, 0.5) is 0 Å². The van der Waals surface area contributed by atoms with Gasteiger partial charge in [-0.25, -0.2) is 0 Å². The van der Waals surface area contributed by atoms with Crippen LogP contribution >= 0.6 is 0 Å². The van der Waals surface area contributed by atoms with Crippen LogP contribution in [0.15, 0.2) is 36.9 Å². The number of aliphatic hydroxyl groups is 1. The number of methoxy groups -OCH3 is 1. The number of carboxylic acid groups (broad SMARTS) is 1. The molecule has 2 fully saturated rings. The molecule has 8 heteroatoms. The van der Waals surface area contributed by atoms with Crippen LogP contribution in [0.2, 0.25) is 0 Å². The first kappa shape index (κ1) is 32.5. The molecule has 1 aromatic rings. The van der Waals surface area contributed by atoms with E-state index >= 15 is 0 Å². The van der Waals surface area contributed by atoms with E-state index in [-0.39, 0.29) is 47.9 Å². The predicted octanol–water partition coefficient (Wildman–Crippen LogP) is 5.84. The molecule has 1 aromatic carbocycles. The highest BCUT2D eigenvalue weighted by molar-refractivity contribution is 5.70. The summed E-state index contributed by atoms with van der Waals surface area (Å²) in [6.45, 7) is 19.7. The van der Waals surface area contributed by atoms with Crippen LogP contribution in [0, 0.1) is 35.5 Å². The monoisotopic (exact) mass is 562 g/mol. The number of aliphatic hydroxyl groups excluding tert-OH is 1. The molecule has 0 saturated carbocycles. The molecule has 0 amide bonds. The van der Waals surface area contributed by atoms with Crippen LogP contribution in [0.5, 0.6) is 5.75 Å². The summed E-state index contributed by atoms with van der Waals surface area (Å²) in [5, 5.41) is 20.3. The van der Waals surface area contributed by atoms with Crippen LogP contribution < -0.4 is 4.74 Å². The molecular weight excluding hydrogens is 512 g/mol. The first-order valence-corrected chi connectivity index (χ1v) is 14.5. The van der Waals surface area contributed by atoms with Crippen molar-refractivity contribution in [2.75, 3.05) is 7.11 Å². The van der Waals surface area contributed by atoms with Crippen LogP contribution in [0.3, 0.4) is 0 Å². The Hall–Kier alpha value is -1.97. The van der Waals surface area contributed by atoms with Gasteiger partial charge in [-0.3, -0.25) is 4.79 Å². The zero-order chi connectivity index (χ0) is 29.9. The van der Waals surface area contributed by atoms with Gasteiger partial charge >= 0.3 is 5.97 Å². The minimum atomic E-state index is -0.883. The number of hydrogen-bond acceptors (Lipinski definition) is 7. The SMILES string of the molecule is C=C[C@H](O)[C@H](C)[C@@H]1O[C@H](c2ccc(OC)cc2)O[C@@H]([C@H](C)C[C@H](C)[C@@H]2OC(C)(C)O[C@H]([C@@H](C)C(=O)O)[C@@H]2C)[C@@H]1C. The smallest absolute Gasteiger partial charge is 0.308 e. The highest BCUT2D eigenvalue weighted by atomic mass is 16.7. The molecule has 8 nitrogen and oxygen atoms in total. The summed E-state index contributed by atoms with van der Waals surface area (Å²) in [6, 6.07) is 7.66. The molecule has 12 atom stereocenters. The Morgan fingerprint density at radius 2 is 1.50 bits per heavy atom. The quantitative estimate of drug-likeness (QED) is 0.325. The van der Waals surface area contributed by atoms with E-state index in [1.807, 2.05) is 52.0 Å².